The maximum atomic E-state index is 13.8. The van der Waals surface area contributed by atoms with Crippen LogP contribution in [-0.4, -0.2) is 19.0 Å². The Labute approximate surface area is 146 Å². The molecular formula is C19H20ClFN2O. The van der Waals surface area contributed by atoms with Gasteiger partial charge in [0.15, 0.2) is 0 Å². The van der Waals surface area contributed by atoms with Crippen LogP contribution in [0.3, 0.4) is 0 Å². The molecule has 1 fully saturated rings. The minimum atomic E-state index is -0.626. The highest BCUT2D eigenvalue weighted by Gasteiger charge is 2.18. The lowest BCUT2D eigenvalue weighted by molar-refractivity contribution is 0.102. The molecule has 2 aromatic rings. The normalized spacial score (nSPS) is 17.6. The second kappa shape index (κ2) is 7.22. The summed E-state index contributed by atoms with van der Waals surface area (Å²) in [5.41, 5.74) is 1.63. The zero-order valence-electron chi connectivity index (χ0n) is 13.6. The summed E-state index contributed by atoms with van der Waals surface area (Å²) in [4.78, 5) is 14.6. The molecule has 0 spiro atoms. The lowest BCUT2D eigenvalue weighted by Crippen LogP contribution is -2.34. The van der Waals surface area contributed by atoms with Gasteiger partial charge in [-0.1, -0.05) is 24.6 Å². The van der Waals surface area contributed by atoms with E-state index in [2.05, 4.69) is 17.1 Å². The Hall–Kier alpha value is -2.07. The zero-order chi connectivity index (χ0) is 17.1. The summed E-state index contributed by atoms with van der Waals surface area (Å²) in [6, 6.07) is 11.8. The van der Waals surface area contributed by atoms with E-state index in [0.29, 0.717) is 11.6 Å². The molecule has 0 aliphatic carbocycles. The molecule has 5 heteroatoms. The average Bonchev–Trinajstić information content (AvgIpc) is 2.55. The lowest BCUT2D eigenvalue weighted by Gasteiger charge is -2.32. The summed E-state index contributed by atoms with van der Waals surface area (Å²) in [6.07, 6.45) is 2.47. The monoisotopic (exact) mass is 346 g/mol. The van der Waals surface area contributed by atoms with Crippen LogP contribution in [-0.2, 0) is 0 Å². The fourth-order valence-electron chi connectivity index (χ4n) is 3.09. The Morgan fingerprint density at radius 3 is 2.67 bits per heavy atom. The molecule has 0 saturated carbocycles. The predicted octanol–water partition coefficient (Wildman–Crippen LogP) is 4.97. The van der Waals surface area contributed by atoms with Crippen LogP contribution in [0.25, 0.3) is 0 Å². The second-order valence-corrected chi connectivity index (χ2v) is 6.70. The number of nitrogens with zero attached hydrogens (tertiary/aromatic N) is 1. The van der Waals surface area contributed by atoms with E-state index >= 15 is 0 Å². The van der Waals surface area contributed by atoms with E-state index in [1.807, 2.05) is 24.3 Å². The van der Waals surface area contributed by atoms with Gasteiger partial charge in [-0.25, -0.2) is 4.39 Å². The quantitative estimate of drug-likeness (QED) is 0.851. The standard InChI is InChI=1S/C19H20ClFN2O/c1-13-4-3-11-23(12-13)15-9-7-14(8-10-15)22-19(24)18-16(20)5-2-6-17(18)21/h2,5-10,13H,3-4,11-12H2,1H3,(H,22,24). The number of rotatable bonds is 3. The molecule has 1 saturated heterocycles. The second-order valence-electron chi connectivity index (χ2n) is 6.29. The van der Waals surface area contributed by atoms with Crippen molar-refractivity contribution in [3.05, 3.63) is 58.9 Å². The van der Waals surface area contributed by atoms with Gasteiger partial charge < -0.3 is 10.2 Å². The van der Waals surface area contributed by atoms with Crippen LogP contribution in [0.1, 0.15) is 30.1 Å². The first-order valence-electron chi connectivity index (χ1n) is 8.15. The highest BCUT2D eigenvalue weighted by atomic mass is 35.5. The summed E-state index contributed by atoms with van der Waals surface area (Å²) in [5.74, 6) is -0.474. The molecule has 1 N–H and O–H groups in total. The average molecular weight is 347 g/mol. The van der Waals surface area contributed by atoms with E-state index < -0.39 is 11.7 Å². The Morgan fingerprint density at radius 1 is 1.25 bits per heavy atom. The van der Waals surface area contributed by atoms with Crippen molar-refractivity contribution >= 4 is 28.9 Å². The molecule has 3 nitrogen and oxygen atoms in total. The van der Waals surface area contributed by atoms with E-state index in [0.717, 1.165) is 18.8 Å². The number of carbonyl (C=O) groups is 1. The number of halogens is 2. The number of hydrogen-bond donors (Lipinski definition) is 1. The van der Waals surface area contributed by atoms with Crippen molar-refractivity contribution in [1.29, 1.82) is 0 Å². The van der Waals surface area contributed by atoms with Crippen LogP contribution in [0.4, 0.5) is 15.8 Å². The van der Waals surface area contributed by atoms with Gasteiger partial charge in [-0.15, -0.1) is 0 Å². The number of benzene rings is 2. The summed E-state index contributed by atoms with van der Waals surface area (Å²) >= 11 is 5.92. The van der Waals surface area contributed by atoms with Crippen LogP contribution < -0.4 is 10.2 Å². The molecule has 1 atom stereocenters. The Kier molecular flexibility index (Phi) is 5.05. The number of carbonyl (C=O) groups excluding carboxylic acids is 1. The SMILES string of the molecule is CC1CCCN(c2ccc(NC(=O)c3c(F)cccc3Cl)cc2)C1. The summed E-state index contributed by atoms with van der Waals surface area (Å²) in [7, 11) is 0. The molecule has 0 bridgehead atoms. The van der Waals surface area contributed by atoms with Crippen molar-refractivity contribution in [2.75, 3.05) is 23.3 Å². The van der Waals surface area contributed by atoms with Gasteiger partial charge in [-0.3, -0.25) is 4.79 Å². The van der Waals surface area contributed by atoms with E-state index in [1.54, 1.807) is 0 Å². The molecule has 1 amide bonds. The fourth-order valence-corrected chi connectivity index (χ4v) is 3.34. The minimum Gasteiger partial charge on any atom is -0.371 e. The van der Waals surface area contributed by atoms with Crippen LogP contribution in [0.15, 0.2) is 42.5 Å². The summed E-state index contributed by atoms with van der Waals surface area (Å²) < 4.78 is 13.8. The van der Waals surface area contributed by atoms with Gasteiger partial charge in [0, 0.05) is 24.5 Å². The van der Waals surface area contributed by atoms with Crippen LogP contribution in [0, 0.1) is 11.7 Å². The van der Waals surface area contributed by atoms with Crippen molar-refractivity contribution in [3.8, 4) is 0 Å². The third-order valence-electron chi connectivity index (χ3n) is 4.34. The van der Waals surface area contributed by atoms with E-state index in [4.69, 9.17) is 11.6 Å². The van der Waals surface area contributed by atoms with E-state index in [1.165, 1.54) is 31.0 Å². The van der Waals surface area contributed by atoms with Crippen molar-refractivity contribution < 1.29 is 9.18 Å². The molecule has 3 rings (SSSR count). The van der Waals surface area contributed by atoms with E-state index in [9.17, 15) is 9.18 Å². The van der Waals surface area contributed by atoms with Crippen LogP contribution in [0.2, 0.25) is 5.02 Å². The third-order valence-corrected chi connectivity index (χ3v) is 4.65. The highest BCUT2D eigenvalue weighted by Crippen LogP contribution is 2.25. The molecular weight excluding hydrogens is 327 g/mol. The number of nitrogens with one attached hydrogen (secondary N) is 1. The highest BCUT2D eigenvalue weighted by molar-refractivity contribution is 6.34. The Balaban J connectivity index is 1.71. The van der Waals surface area contributed by atoms with Crippen LogP contribution in [0.5, 0.6) is 0 Å². The number of piperidine rings is 1. The van der Waals surface area contributed by atoms with Gasteiger partial charge in [0.25, 0.3) is 5.91 Å². The van der Waals surface area contributed by atoms with Crippen molar-refractivity contribution in [3.63, 3.8) is 0 Å². The molecule has 0 radical (unpaired) electrons. The minimum absolute atomic E-state index is 0.103. The molecule has 0 aromatic heterocycles. The topological polar surface area (TPSA) is 32.3 Å². The van der Waals surface area contributed by atoms with Gasteiger partial charge in [-0.2, -0.15) is 0 Å². The third kappa shape index (κ3) is 3.70. The molecule has 1 aliphatic rings. The van der Waals surface area contributed by atoms with Gasteiger partial charge >= 0.3 is 0 Å². The largest absolute Gasteiger partial charge is 0.371 e. The Morgan fingerprint density at radius 2 is 2.00 bits per heavy atom. The molecule has 126 valence electrons. The van der Waals surface area contributed by atoms with Crippen molar-refractivity contribution in [1.82, 2.24) is 0 Å². The van der Waals surface area contributed by atoms with Gasteiger partial charge in [0.05, 0.1) is 10.6 Å². The molecule has 1 aliphatic heterocycles. The van der Waals surface area contributed by atoms with Crippen molar-refractivity contribution in [2.24, 2.45) is 5.92 Å². The lowest BCUT2D eigenvalue weighted by atomic mass is 10.00. The summed E-state index contributed by atoms with van der Waals surface area (Å²) in [5, 5.41) is 2.80. The fraction of sp³-hybridized carbons (Fsp3) is 0.316. The zero-order valence-corrected chi connectivity index (χ0v) is 14.3. The maximum absolute atomic E-state index is 13.8. The first kappa shape index (κ1) is 16.8. The molecule has 2 aromatic carbocycles. The smallest absolute Gasteiger partial charge is 0.260 e. The number of hydrogen-bond acceptors (Lipinski definition) is 2. The van der Waals surface area contributed by atoms with Crippen LogP contribution >= 0.6 is 11.6 Å². The first-order chi connectivity index (χ1) is 11.5. The maximum Gasteiger partial charge on any atom is 0.260 e. The molecule has 1 heterocycles. The van der Waals surface area contributed by atoms with Gasteiger partial charge in [0.2, 0.25) is 0 Å². The van der Waals surface area contributed by atoms with Gasteiger partial charge in [-0.05, 0) is 55.2 Å². The van der Waals surface area contributed by atoms with E-state index in [-0.39, 0.29) is 10.6 Å². The van der Waals surface area contributed by atoms with Crippen molar-refractivity contribution in [2.45, 2.75) is 19.8 Å². The number of amides is 1. The first-order valence-corrected chi connectivity index (χ1v) is 8.53. The Bertz CT molecular complexity index is 712. The van der Waals surface area contributed by atoms with Gasteiger partial charge in [0.1, 0.15) is 5.82 Å². The number of anilines is 2. The predicted molar refractivity (Wildman–Crippen MR) is 96.4 cm³/mol. The summed E-state index contributed by atoms with van der Waals surface area (Å²) in [6.45, 7) is 4.37. The molecule has 1 unspecified atom stereocenters. The molecule has 24 heavy (non-hydrogen) atoms.